The molecule has 0 atom stereocenters. The highest BCUT2D eigenvalue weighted by Crippen LogP contribution is 2.40. The third-order valence-corrected chi connectivity index (χ3v) is 7.31. The Bertz CT molecular complexity index is 591. The van der Waals surface area contributed by atoms with Gasteiger partial charge in [0.2, 0.25) is 5.91 Å². The van der Waals surface area contributed by atoms with Gasteiger partial charge in [-0.05, 0) is 43.4 Å². The lowest BCUT2D eigenvalue weighted by molar-refractivity contribution is -0.139. The Morgan fingerprint density at radius 1 is 1.15 bits per heavy atom. The molecule has 1 aromatic heterocycles. The fraction of sp³-hybridized carbons (Fsp3) is 0.810. The third-order valence-electron chi connectivity index (χ3n) is 6.27. The van der Waals surface area contributed by atoms with Crippen LogP contribution in [0.25, 0.3) is 0 Å². The van der Waals surface area contributed by atoms with Crippen molar-refractivity contribution in [2.24, 2.45) is 17.3 Å². The van der Waals surface area contributed by atoms with Gasteiger partial charge in [0, 0.05) is 44.0 Å². The van der Waals surface area contributed by atoms with Crippen LogP contribution in [0.3, 0.4) is 0 Å². The van der Waals surface area contributed by atoms with E-state index in [1.807, 2.05) is 0 Å². The summed E-state index contributed by atoms with van der Waals surface area (Å²) < 4.78 is 0. The van der Waals surface area contributed by atoms with Gasteiger partial charge in [0.1, 0.15) is 0 Å². The summed E-state index contributed by atoms with van der Waals surface area (Å²) in [5.74, 6) is 1.46. The number of piperazine rings is 1. The standard InChI is InChI=1S/C21H35N3OS/c1-5-19-22-18(15-26-19)14-23-10-12-24(13-11-23)20(25)16-6-8-17(9-7-16)21(2,3)4/h15-17H,5-14H2,1-4H3. The highest BCUT2D eigenvalue weighted by molar-refractivity contribution is 7.09. The van der Waals surface area contributed by atoms with Gasteiger partial charge in [-0.25, -0.2) is 4.98 Å². The molecule has 2 fully saturated rings. The van der Waals surface area contributed by atoms with Crippen LogP contribution in [-0.4, -0.2) is 46.9 Å². The number of aryl methyl sites for hydroxylation is 1. The number of carbonyl (C=O) groups excluding carboxylic acids is 1. The summed E-state index contributed by atoms with van der Waals surface area (Å²) in [4.78, 5) is 22.1. The third kappa shape index (κ3) is 4.86. The molecule has 146 valence electrons. The second-order valence-corrected chi connectivity index (χ2v) is 10.0. The van der Waals surface area contributed by atoms with E-state index in [1.165, 1.54) is 23.5 Å². The molecule has 1 aromatic rings. The van der Waals surface area contributed by atoms with Crippen molar-refractivity contribution >= 4 is 17.2 Å². The number of nitrogens with zero attached hydrogens (tertiary/aromatic N) is 3. The zero-order valence-corrected chi connectivity index (χ0v) is 17.8. The maximum absolute atomic E-state index is 12.9. The van der Waals surface area contributed by atoms with E-state index in [2.05, 4.69) is 47.9 Å². The predicted octanol–water partition coefficient (Wildman–Crippen LogP) is 4.20. The Balaban J connectivity index is 1.44. The molecule has 0 aromatic carbocycles. The Hall–Kier alpha value is -0.940. The van der Waals surface area contributed by atoms with E-state index in [-0.39, 0.29) is 5.92 Å². The highest BCUT2D eigenvalue weighted by Gasteiger charge is 2.34. The summed E-state index contributed by atoms with van der Waals surface area (Å²) in [7, 11) is 0. The Kier molecular flexibility index (Phi) is 6.39. The van der Waals surface area contributed by atoms with Crippen LogP contribution in [0.2, 0.25) is 0 Å². The van der Waals surface area contributed by atoms with Gasteiger partial charge < -0.3 is 4.90 Å². The summed E-state index contributed by atoms with van der Waals surface area (Å²) in [6, 6.07) is 0. The van der Waals surface area contributed by atoms with Crippen LogP contribution in [0, 0.1) is 17.3 Å². The lowest BCUT2D eigenvalue weighted by Crippen LogP contribution is -2.50. The Morgan fingerprint density at radius 3 is 2.35 bits per heavy atom. The first-order valence-electron chi connectivity index (χ1n) is 10.3. The minimum Gasteiger partial charge on any atom is -0.340 e. The molecule has 0 bridgehead atoms. The van der Waals surface area contributed by atoms with Crippen molar-refractivity contribution in [3.05, 3.63) is 16.1 Å². The summed E-state index contributed by atoms with van der Waals surface area (Å²) in [5.41, 5.74) is 1.57. The van der Waals surface area contributed by atoms with E-state index in [0.717, 1.165) is 57.9 Å². The summed E-state index contributed by atoms with van der Waals surface area (Å²) in [6.07, 6.45) is 5.61. The largest absolute Gasteiger partial charge is 0.340 e. The molecule has 1 amide bonds. The zero-order chi connectivity index (χ0) is 18.7. The molecule has 3 rings (SSSR count). The van der Waals surface area contributed by atoms with Crippen LogP contribution in [0.1, 0.15) is 64.1 Å². The van der Waals surface area contributed by atoms with Gasteiger partial charge in [0.05, 0.1) is 10.7 Å². The number of rotatable bonds is 4. The lowest BCUT2D eigenvalue weighted by Gasteiger charge is -2.40. The first kappa shape index (κ1) is 19.8. The van der Waals surface area contributed by atoms with Gasteiger partial charge >= 0.3 is 0 Å². The van der Waals surface area contributed by atoms with Crippen molar-refractivity contribution < 1.29 is 4.79 Å². The van der Waals surface area contributed by atoms with E-state index in [4.69, 9.17) is 0 Å². The van der Waals surface area contributed by atoms with Crippen molar-refractivity contribution in [3.8, 4) is 0 Å². The van der Waals surface area contributed by atoms with Crippen molar-refractivity contribution in [2.75, 3.05) is 26.2 Å². The molecule has 0 N–H and O–H groups in total. The van der Waals surface area contributed by atoms with Crippen molar-refractivity contribution in [3.63, 3.8) is 0 Å². The molecule has 26 heavy (non-hydrogen) atoms. The molecule has 1 aliphatic carbocycles. The van der Waals surface area contributed by atoms with Crippen molar-refractivity contribution in [1.29, 1.82) is 0 Å². The molecular formula is C21H35N3OS. The molecule has 5 heteroatoms. The van der Waals surface area contributed by atoms with Gasteiger partial charge in [0.15, 0.2) is 0 Å². The highest BCUT2D eigenvalue weighted by atomic mass is 32.1. The first-order valence-corrected chi connectivity index (χ1v) is 11.2. The quantitative estimate of drug-likeness (QED) is 0.789. The van der Waals surface area contributed by atoms with Gasteiger partial charge in [-0.3, -0.25) is 9.69 Å². The van der Waals surface area contributed by atoms with Crippen LogP contribution >= 0.6 is 11.3 Å². The zero-order valence-electron chi connectivity index (χ0n) is 17.0. The number of carbonyl (C=O) groups is 1. The minimum absolute atomic E-state index is 0.269. The first-order chi connectivity index (χ1) is 12.4. The second-order valence-electron chi connectivity index (χ2n) is 9.10. The number of thiazole rings is 1. The molecule has 4 nitrogen and oxygen atoms in total. The molecule has 1 saturated heterocycles. The Morgan fingerprint density at radius 2 is 1.81 bits per heavy atom. The SMILES string of the molecule is CCc1nc(CN2CCN(C(=O)C3CCC(C(C)(C)C)CC3)CC2)cs1. The molecule has 0 radical (unpaired) electrons. The average Bonchev–Trinajstić information content (AvgIpc) is 3.09. The van der Waals surface area contributed by atoms with Crippen LogP contribution in [0.4, 0.5) is 0 Å². The normalized spacial score (nSPS) is 25.5. The topological polar surface area (TPSA) is 36.4 Å². The smallest absolute Gasteiger partial charge is 0.225 e. The minimum atomic E-state index is 0.269. The molecule has 2 aliphatic rings. The number of amides is 1. The molecule has 1 aliphatic heterocycles. The van der Waals surface area contributed by atoms with E-state index >= 15 is 0 Å². The predicted molar refractivity (Wildman–Crippen MR) is 108 cm³/mol. The van der Waals surface area contributed by atoms with Gasteiger partial charge in [-0.2, -0.15) is 0 Å². The Labute approximate surface area is 163 Å². The van der Waals surface area contributed by atoms with Gasteiger partial charge in [-0.1, -0.05) is 27.7 Å². The van der Waals surface area contributed by atoms with Gasteiger partial charge in [0.25, 0.3) is 0 Å². The summed E-state index contributed by atoms with van der Waals surface area (Å²) >= 11 is 1.76. The van der Waals surface area contributed by atoms with Crippen LogP contribution < -0.4 is 0 Å². The van der Waals surface area contributed by atoms with Crippen LogP contribution in [0.15, 0.2) is 5.38 Å². The number of hydrogen-bond donors (Lipinski definition) is 0. The second kappa shape index (κ2) is 8.39. The molecule has 0 unspecified atom stereocenters. The fourth-order valence-electron chi connectivity index (χ4n) is 4.40. The average molecular weight is 378 g/mol. The number of hydrogen-bond acceptors (Lipinski definition) is 4. The maximum Gasteiger partial charge on any atom is 0.225 e. The summed E-state index contributed by atoms with van der Waals surface area (Å²) in [5, 5.41) is 3.41. The molecule has 2 heterocycles. The molecule has 1 saturated carbocycles. The maximum atomic E-state index is 12.9. The lowest BCUT2D eigenvalue weighted by atomic mass is 9.69. The van der Waals surface area contributed by atoms with E-state index in [9.17, 15) is 4.79 Å². The van der Waals surface area contributed by atoms with Crippen molar-refractivity contribution in [1.82, 2.24) is 14.8 Å². The monoisotopic (exact) mass is 377 g/mol. The summed E-state index contributed by atoms with van der Waals surface area (Å²) in [6.45, 7) is 13.8. The molecule has 0 spiro atoms. The number of aromatic nitrogens is 1. The van der Waals surface area contributed by atoms with Crippen LogP contribution in [-0.2, 0) is 17.8 Å². The fourth-order valence-corrected chi connectivity index (χ4v) is 5.14. The van der Waals surface area contributed by atoms with Crippen LogP contribution in [0.5, 0.6) is 0 Å². The van der Waals surface area contributed by atoms with E-state index in [0.29, 0.717) is 11.3 Å². The van der Waals surface area contributed by atoms with E-state index < -0.39 is 0 Å². The van der Waals surface area contributed by atoms with Gasteiger partial charge in [-0.15, -0.1) is 11.3 Å². The van der Waals surface area contributed by atoms with Crippen molar-refractivity contribution in [2.45, 2.75) is 66.3 Å². The van der Waals surface area contributed by atoms with E-state index in [1.54, 1.807) is 11.3 Å². The molecular weight excluding hydrogens is 342 g/mol.